The van der Waals surface area contributed by atoms with Crippen molar-refractivity contribution in [2.75, 3.05) is 7.11 Å². The molecule has 0 radical (unpaired) electrons. The second kappa shape index (κ2) is 25.2. The number of hydrogen-bond acceptors (Lipinski definition) is 1. The van der Waals surface area contributed by atoms with E-state index in [0.29, 0.717) is 6.10 Å². The van der Waals surface area contributed by atoms with E-state index in [1.165, 1.54) is 96.3 Å². The molecule has 0 aliphatic heterocycles. The van der Waals surface area contributed by atoms with Gasteiger partial charge >= 0.3 is 0 Å². The van der Waals surface area contributed by atoms with Crippen molar-refractivity contribution < 1.29 is 4.74 Å². The molecule has 3 aliphatic rings. The molecule has 0 aromatic carbocycles. The van der Waals surface area contributed by atoms with Crippen molar-refractivity contribution in [2.45, 2.75) is 151 Å². The van der Waals surface area contributed by atoms with Gasteiger partial charge in [-0.15, -0.1) is 0 Å². The van der Waals surface area contributed by atoms with Gasteiger partial charge in [-0.2, -0.15) is 0 Å². The van der Waals surface area contributed by atoms with Crippen LogP contribution in [0.1, 0.15) is 145 Å². The first-order chi connectivity index (χ1) is 18.0. The average Bonchev–Trinajstić information content (AvgIpc) is 2.94. The molecule has 0 bridgehead atoms. The molecule has 0 spiro atoms. The monoisotopic (exact) mass is 515 g/mol. The lowest BCUT2D eigenvalue weighted by Gasteiger charge is -2.26. The highest BCUT2D eigenvalue weighted by Crippen LogP contribution is 2.31. The van der Waals surface area contributed by atoms with Gasteiger partial charge in [-0.25, -0.2) is 0 Å². The minimum atomic E-state index is 0.486. The smallest absolute Gasteiger partial charge is 0.0571 e. The summed E-state index contributed by atoms with van der Waals surface area (Å²) in [5.41, 5.74) is 1.56. The summed E-state index contributed by atoms with van der Waals surface area (Å²) in [5, 5.41) is 0. The molecule has 0 aromatic rings. The molecule has 1 nitrogen and oxygen atoms in total. The normalized spacial score (nSPS) is 21.4. The van der Waals surface area contributed by atoms with Gasteiger partial charge in [0.1, 0.15) is 0 Å². The minimum Gasteiger partial charge on any atom is -0.381 e. The molecular weight excluding hydrogens is 448 g/mol. The van der Waals surface area contributed by atoms with E-state index in [9.17, 15) is 0 Å². The molecule has 1 heteroatoms. The van der Waals surface area contributed by atoms with Crippen LogP contribution in [0.2, 0.25) is 0 Å². The second-order valence-corrected chi connectivity index (χ2v) is 11.1. The molecular formula is C36H66O. The zero-order chi connectivity index (χ0) is 27.7. The summed E-state index contributed by atoms with van der Waals surface area (Å²) in [7, 11) is 1.82. The first-order valence-electron chi connectivity index (χ1n) is 16.3. The summed E-state index contributed by atoms with van der Waals surface area (Å²) < 4.78 is 5.29. The van der Waals surface area contributed by atoms with Crippen molar-refractivity contribution in [3.63, 3.8) is 0 Å². The van der Waals surface area contributed by atoms with E-state index < -0.39 is 0 Å². The van der Waals surface area contributed by atoms with E-state index in [1.807, 2.05) is 21.0 Å². The zero-order valence-electron chi connectivity index (χ0n) is 26.4. The average molecular weight is 515 g/mol. The summed E-state index contributed by atoms with van der Waals surface area (Å²) in [6.07, 6.45) is 37.4. The lowest BCUT2D eigenvalue weighted by molar-refractivity contribution is 0.0507. The standard InChI is InChI=1S/C17H26.C9H18O.C8H16.C2H6/c1-2-8-16(17-12-4-3-5-13-17)14-7-11-15-9-6-10-15;1-8(10-2)9-6-4-3-5-7-9;1-4-6-7-8(3)5-2;1-2/h2,7-8,11,14-15,17H,3-6,9-10,12-13H2,1H3;8-9H,3-7H2,1-2H3;6-8H,4-5H2,1-3H3;1-2H3/b8-2-,11-7+,16-14+;;7-6+;. The Kier molecular flexibility index (Phi) is 24.5. The van der Waals surface area contributed by atoms with Crippen LogP contribution in [0.3, 0.4) is 0 Å². The fourth-order valence-electron chi connectivity index (χ4n) is 5.21. The fraction of sp³-hybridized carbons (Fsp3) is 0.778. The molecule has 0 heterocycles. The molecule has 0 amide bonds. The number of hydrogen-bond donors (Lipinski definition) is 0. The molecule has 3 aliphatic carbocycles. The predicted octanol–water partition coefficient (Wildman–Crippen LogP) is 12.1. The van der Waals surface area contributed by atoms with E-state index in [0.717, 1.165) is 23.7 Å². The van der Waals surface area contributed by atoms with E-state index in [-0.39, 0.29) is 0 Å². The Morgan fingerprint density at radius 3 is 1.89 bits per heavy atom. The lowest BCUT2D eigenvalue weighted by Crippen LogP contribution is -2.21. The van der Waals surface area contributed by atoms with Gasteiger partial charge in [-0.3, -0.25) is 0 Å². The summed E-state index contributed by atoms with van der Waals surface area (Å²) in [5.74, 6) is 3.32. The maximum absolute atomic E-state index is 5.29. The minimum absolute atomic E-state index is 0.486. The van der Waals surface area contributed by atoms with Gasteiger partial charge in [0, 0.05) is 7.11 Å². The van der Waals surface area contributed by atoms with Crippen LogP contribution in [0, 0.1) is 23.7 Å². The van der Waals surface area contributed by atoms with Crippen molar-refractivity contribution in [1.29, 1.82) is 0 Å². The second-order valence-electron chi connectivity index (χ2n) is 11.1. The first-order valence-corrected chi connectivity index (χ1v) is 16.3. The van der Waals surface area contributed by atoms with Crippen molar-refractivity contribution >= 4 is 0 Å². The van der Waals surface area contributed by atoms with Crippen LogP contribution in [0.25, 0.3) is 0 Å². The van der Waals surface area contributed by atoms with Gasteiger partial charge in [0.15, 0.2) is 0 Å². The van der Waals surface area contributed by atoms with Crippen molar-refractivity contribution in [3.8, 4) is 0 Å². The first kappa shape index (κ1) is 35.9. The molecule has 216 valence electrons. The SMILES string of the molecule is CC.CC/C=C/C(C)CC.COC(C)C1CCCCC1.C\C=C/C(=C\C=C\C1CCC1)C1CCCCC1. The van der Waals surface area contributed by atoms with Crippen LogP contribution in [0.15, 0.2) is 48.1 Å². The van der Waals surface area contributed by atoms with Crippen LogP contribution in [-0.2, 0) is 4.74 Å². The van der Waals surface area contributed by atoms with Gasteiger partial charge in [0.25, 0.3) is 0 Å². The summed E-state index contributed by atoms with van der Waals surface area (Å²) in [6, 6.07) is 0. The van der Waals surface area contributed by atoms with Gasteiger partial charge < -0.3 is 4.74 Å². The molecule has 2 unspecified atom stereocenters. The van der Waals surface area contributed by atoms with Crippen molar-refractivity contribution in [3.05, 3.63) is 48.1 Å². The Labute approximate surface area is 234 Å². The third kappa shape index (κ3) is 17.9. The Morgan fingerprint density at radius 2 is 1.43 bits per heavy atom. The quantitative estimate of drug-likeness (QED) is 0.219. The molecule has 3 saturated carbocycles. The Morgan fingerprint density at radius 1 is 0.838 bits per heavy atom. The van der Waals surface area contributed by atoms with E-state index in [1.54, 1.807) is 5.57 Å². The van der Waals surface area contributed by atoms with Crippen molar-refractivity contribution in [1.82, 2.24) is 0 Å². The lowest BCUT2D eigenvalue weighted by atomic mass is 9.82. The largest absolute Gasteiger partial charge is 0.381 e. The summed E-state index contributed by atoms with van der Waals surface area (Å²) in [4.78, 5) is 0. The zero-order valence-corrected chi connectivity index (χ0v) is 26.4. The maximum atomic E-state index is 5.29. The highest BCUT2D eigenvalue weighted by molar-refractivity contribution is 5.26. The topological polar surface area (TPSA) is 9.23 Å². The third-order valence-electron chi connectivity index (χ3n) is 8.29. The number of allylic oxidation sites excluding steroid dienone is 8. The highest BCUT2D eigenvalue weighted by Gasteiger charge is 2.19. The van der Waals surface area contributed by atoms with Crippen LogP contribution in [-0.4, -0.2) is 13.2 Å². The third-order valence-corrected chi connectivity index (χ3v) is 8.29. The van der Waals surface area contributed by atoms with Gasteiger partial charge in [0.05, 0.1) is 6.10 Å². The van der Waals surface area contributed by atoms with Crippen LogP contribution >= 0.6 is 0 Å². The molecule has 0 saturated heterocycles. The van der Waals surface area contributed by atoms with Gasteiger partial charge in [-0.1, -0.05) is 129 Å². The summed E-state index contributed by atoms with van der Waals surface area (Å²) in [6.45, 7) is 14.9. The molecule has 0 aromatic heterocycles. The van der Waals surface area contributed by atoms with E-state index in [4.69, 9.17) is 4.74 Å². The summed E-state index contributed by atoms with van der Waals surface area (Å²) >= 11 is 0. The van der Waals surface area contributed by atoms with Gasteiger partial charge in [0.2, 0.25) is 0 Å². The van der Waals surface area contributed by atoms with E-state index >= 15 is 0 Å². The van der Waals surface area contributed by atoms with Gasteiger partial charge in [-0.05, 0) is 88.0 Å². The van der Waals surface area contributed by atoms with Crippen LogP contribution < -0.4 is 0 Å². The molecule has 3 fully saturated rings. The molecule has 37 heavy (non-hydrogen) atoms. The van der Waals surface area contributed by atoms with Crippen molar-refractivity contribution in [2.24, 2.45) is 23.7 Å². The Bertz CT molecular complexity index is 594. The molecule has 0 N–H and O–H groups in total. The van der Waals surface area contributed by atoms with Crippen LogP contribution in [0.4, 0.5) is 0 Å². The fourth-order valence-corrected chi connectivity index (χ4v) is 5.21. The van der Waals surface area contributed by atoms with E-state index in [2.05, 4.69) is 77.2 Å². The molecule has 2 atom stereocenters. The highest BCUT2D eigenvalue weighted by atomic mass is 16.5. The number of methoxy groups -OCH3 is 1. The van der Waals surface area contributed by atoms with Crippen LogP contribution in [0.5, 0.6) is 0 Å². The molecule has 3 rings (SSSR count). The number of ether oxygens (including phenoxy) is 1. The number of rotatable bonds is 9. The maximum Gasteiger partial charge on any atom is 0.0571 e. The Hall–Kier alpha value is -1.08. The predicted molar refractivity (Wildman–Crippen MR) is 169 cm³/mol. The Balaban J connectivity index is 0.000000555.